The minimum absolute atomic E-state index is 0.00157. The maximum atomic E-state index is 13.0. The molecule has 0 rings (SSSR count). The van der Waals surface area contributed by atoms with Gasteiger partial charge in [0.25, 0.3) is 0 Å². The summed E-state index contributed by atoms with van der Waals surface area (Å²) in [4.78, 5) is 67.9. The summed E-state index contributed by atoms with van der Waals surface area (Å²) in [7, 11) is 0. The standard InChI is InChI=1S/C20H38N10O7/c1-10(21)15(33)28-11(4-2-8-26-19(22)23)16(34)29-12(5-3-9-27-20(24)25)17(35)30-13(18(36)37)6-7-14(31)32/h10-13H,2-9,21H2,1H3,(H,28,33)(H,29,34)(H,30,35)(H,31,32)(H,36,37)(H4,22,23,26)(H4,24,25,27). The largest absolute Gasteiger partial charge is 0.481 e. The van der Waals surface area contributed by atoms with Crippen molar-refractivity contribution in [1.29, 1.82) is 0 Å². The van der Waals surface area contributed by atoms with Crippen LogP contribution in [0.2, 0.25) is 0 Å². The molecule has 0 aliphatic carbocycles. The fourth-order valence-corrected chi connectivity index (χ4v) is 2.92. The van der Waals surface area contributed by atoms with Crippen molar-refractivity contribution < 1.29 is 34.2 Å². The lowest BCUT2D eigenvalue weighted by Crippen LogP contribution is -2.57. The van der Waals surface area contributed by atoms with E-state index >= 15 is 0 Å². The van der Waals surface area contributed by atoms with Crippen LogP contribution in [0.3, 0.4) is 0 Å². The Labute approximate surface area is 213 Å². The van der Waals surface area contributed by atoms with E-state index in [1.807, 2.05) is 0 Å². The van der Waals surface area contributed by atoms with Crippen LogP contribution in [0.25, 0.3) is 0 Å². The van der Waals surface area contributed by atoms with Gasteiger partial charge in [0, 0.05) is 19.5 Å². The second kappa shape index (κ2) is 17.3. The molecule has 0 aromatic heterocycles. The number of aliphatic imine (C=N–C) groups is 2. The highest BCUT2D eigenvalue weighted by molar-refractivity contribution is 5.94. The van der Waals surface area contributed by atoms with Crippen molar-refractivity contribution in [2.24, 2.45) is 38.7 Å². The van der Waals surface area contributed by atoms with Gasteiger partial charge in [0.2, 0.25) is 17.7 Å². The number of hydrogen-bond donors (Lipinski definition) is 10. The summed E-state index contributed by atoms with van der Waals surface area (Å²) in [5.74, 6) is -5.22. The predicted molar refractivity (Wildman–Crippen MR) is 134 cm³/mol. The zero-order valence-electron chi connectivity index (χ0n) is 20.7. The highest BCUT2D eigenvalue weighted by atomic mass is 16.4. The summed E-state index contributed by atoms with van der Waals surface area (Å²) < 4.78 is 0. The topological polar surface area (TPSA) is 317 Å². The van der Waals surface area contributed by atoms with E-state index in [2.05, 4.69) is 25.9 Å². The zero-order valence-corrected chi connectivity index (χ0v) is 20.7. The van der Waals surface area contributed by atoms with E-state index in [1.54, 1.807) is 0 Å². The number of nitrogens with zero attached hydrogens (tertiary/aromatic N) is 2. The molecule has 4 unspecified atom stereocenters. The molecular weight excluding hydrogens is 492 g/mol. The van der Waals surface area contributed by atoms with Gasteiger partial charge in [-0.05, 0) is 39.0 Å². The number of hydrogen-bond acceptors (Lipinski definition) is 8. The SMILES string of the molecule is CC(N)C(=O)NC(CCCN=C(N)N)C(=O)NC(CCCN=C(N)N)C(=O)NC(CCC(=O)O)C(=O)O. The zero-order chi connectivity index (χ0) is 28.5. The maximum absolute atomic E-state index is 13.0. The van der Waals surface area contributed by atoms with Crippen LogP contribution in [0.5, 0.6) is 0 Å². The fraction of sp³-hybridized carbons (Fsp3) is 0.650. The van der Waals surface area contributed by atoms with Gasteiger partial charge in [-0.25, -0.2) is 4.79 Å². The average molecular weight is 531 g/mol. The Bertz CT molecular complexity index is 854. The molecule has 0 heterocycles. The first-order valence-electron chi connectivity index (χ1n) is 11.5. The smallest absolute Gasteiger partial charge is 0.326 e. The van der Waals surface area contributed by atoms with Gasteiger partial charge in [0.15, 0.2) is 11.9 Å². The molecule has 0 aromatic carbocycles. The summed E-state index contributed by atoms with van der Waals surface area (Å²) in [6, 6.07) is -4.78. The quantitative estimate of drug-likeness (QED) is 0.0458. The Morgan fingerprint density at radius 1 is 0.703 bits per heavy atom. The Morgan fingerprint density at radius 2 is 1.11 bits per heavy atom. The van der Waals surface area contributed by atoms with Crippen molar-refractivity contribution in [2.45, 2.75) is 69.6 Å². The molecule has 0 bridgehead atoms. The Hall–Kier alpha value is -4.15. The second-order valence-electron chi connectivity index (χ2n) is 8.14. The van der Waals surface area contributed by atoms with Gasteiger partial charge in [0.1, 0.15) is 18.1 Å². The molecule has 17 nitrogen and oxygen atoms in total. The Kier molecular flexibility index (Phi) is 15.4. The van der Waals surface area contributed by atoms with Crippen LogP contribution in [0, 0.1) is 0 Å². The Morgan fingerprint density at radius 3 is 1.46 bits per heavy atom. The molecule has 17 heteroatoms. The molecule has 0 spiro atoms. The first kappa shape index (κ1) is 32.9. The van der Waals surface area contributed by atoms with Crippen LogP contribution in [-0.4, -0.2) is 89.0 Å². The van der Waals surface area contributed by atoms with Crippen LogP contribution >= 0.6 is 0 Å². The van der Waals surface area contributed by atoms with Gasteiger partial charge >= 0.3 is 11.9 Å². The highest BCUT2D eigenvalue weighted by Gasteiger charge is 2.29. The first-order chi connectivity index (χ1) is 17.2. The molecule has 0 aromatic rings. The van der Waals surface area contributed by atoms with Crippen molar-refractivity contribution in [1.82, 2.24) is 16.0 Å². The molecule has 0 saturated heterocycles. The number of nitrogens with one attached hydrogen (secondary N) is 3. The maximum Gasteiger partial charge on any atom is 0.326 e. The average Bonchev–Trinajstić information content (AvgIpc) is 2.79. The van der Waals surface area contributed by atoms with Gasteiger partial charge in [-0.15, -0.1) is 0 Å². The summed E-state index contributed by atoms with van der Waals surface area (Å²) in [5.41, 5.74) is 26.7. The number of carboxylic acid groups (broad SMARTS) is 2. The lowest BCUT2D eigenvalue weighted by atomic mass is 10.1. The van der Waals surface area contributed by atoms with Crippen LogP contribution in [-0.2, 0) is 24.0 Å². The van der Waals surface area contributed by atoms with Crippen molar-refractivity contribution in [3.8, 4) is 0 Å². The summed E-state index contributed by atoms with van der Waals surface area (Å²) in [6.45, 7) is 1.71. The lowest BCUT2D eigenvalue weighted by Gasteiger charge is -2.25. The number of rotatable bonds is 18. The number of nitrogens with two attached hydrogens (primary N) is 5. The van der Waals surface area contributed by atoms with E-state index in [9.17, 15) is 29.1 Å². The molecule has 3 amide bonds. The third kappa shape index (κ3) is 15.5. The molecule has 0 aliphatic heterocycles. The molecule has 0 radical (unpaired) electrons. The third-order valence-corrected chi connectivity index (χ3v) is 4.83. The summed E-state index contributed by atoms with van der Waals surface area (Å²) >= 11 is 0. The molecule has 15 N–H and O–H groups in total. The number of carbonyl (C=O) groups is 5. The van der Waals surface area contributed by atoms with Gasteiger partial charge < -0.3 is 54.8 Å². The molecule has 4 atom stereocenters. The van der Waals surface area contributed by atoms with Gasteiger partial charge in [-0.1, -0.05) is 0 Å². The van der Waals surface area contributed by atoms with Crippen molar-refractivity contribution >= 4 is 41.6 Å². The predicted octanol–water partition coefficient (Wildman–Crippen LogP) is -4.16. The monoisotopic (exact) mass is 530 g/mol. The van der Waals surface area contributed by atoms with Crippen molar-refractivity contribution in [2.75, 3.05) is 13.1 Å². The van der Waals surface area contributed by atoms with Crippen LogP contribution in [0.1, 0.15) is 45.4 Å². The van der Waals surface area contributed by atoms with E-state index in [-0.39, 0.29) is 50.7 Å². The molecule has 0 fully saturated rings. The van der Waals surface area contributed by atoms with E-state index in [4.69, 9.17) is 33.8 Å². The molecule has 210 valence electrons. The highest BCUT2D eigenvalue weighted by Crippen LogP contribution is 2.06. The van der Waals surface area contributed by atoms with Crippen LogP contribution < -0.4 is 44.6 Å². The lowest BCUT2D eigenvalue weighted by molar-refractivity contribution is -0.143. The third-order valence-electron chi connectivity index (χ3n) is 4.83. The minimum atomic E-state index is -1.51. The Balaban J connectivity index is 5.64. The van der Waals surface area contributed by atoms with Gasteiger partial charge in [-0.2, -0.15) is 0 Å². The molecule has 0 saturated carbocycles. The number of carboxylic acids is 2. The minimum Gasteiger partial charge on any atom is -0.481 e. The van der Waals surface area contributed by atoms with E-state index < -0.39 is 60.2 Å². The van der Waals surface area contributed by atoms with E-state index in [0.717, 1.165) is 0 Å². The number of guanidine groups is 2. The normalized spacial score (nSPS) is 13.7. The summed E-state index contributed by atoms with van der Waals surface area (Å²) in [6.07, 6.45) is -0.248. The number of amides is 3. The van der Waals surface area contributed by atoms with E-state index in [0.29, 0.717) is 6.42 Å². The van der Waals surface area contributed by atoms with Gasteiger partial charge in [-0.3, -0.25) is 29.2 Å². The fourth-order valence-electron chi connectivity index (χ4n) is 2.92. The van der Waals surface area contributed by atoms with Crippen molar-refractivity contribution in [3.63, 3.8) is 0 Å². The van der Waals surface area contributed by atoms with E-state index in [1.165, 1.54) is 6.92 Å². The number of aliphatic carboxylic acids is 2. The van der Waals surface area contributed by atoms with Crippen LogP contribution in [0.15, 0.2) is 9.98 Å². The number of carbonyl (C=O) groups excluding carboxylic acids is 3. The van der Waals surface area contributed by atoms with Crippen molar-refractivity contribution in [3.05, 3.63) is 0 Å². The summed E-state index contributed by atoms with van der Waals surface area (Å²) in [5, 5.41) is 25.4. The molecule has 37 heavy (non-hydrogen) atoms. The molecular formula is C20H38N10O7. The molecule has 0 aliphatic rings. The van der Waals surface area contributed by atoms with Gasteiger partial charge in [0.05, 0.1) is 6.04 Å². The van der Waals surface area contributed by atoms with Crippen LogP contribution in [0.4, 0.5) is 0 Å². The first-order valence-corrected chi connectivity index (χ1v) is 11.5. The second-order valence-corrected chi connectivity index (χ2v) is 8.14.